The van der Waals surface area contributed by atoms with Gasteiger partial charge in [0, 0.05) is 25.0 Å². The van der Waals surface area contributed by atoms with Gasteiger partial charge in [0.15, 0.2) is 0 Å². The third-order valence-corrected chi connectivity index (χ3v) is 4.42. The number of nitrogens with zero attached hydrogens (tertiary/aromatic N) is 1. The van der Waals surface area contributed by atoms with Crippen molar-refractivity contribution >= 4 is 5.91 Å². The van der Waals surface area contributed by atoms with Crippen molar-refractivity contribution in [3.8, 4) is 0 Å². The molecule has 18 heavy (non-hydrogen) atoms. The van der Waals surface area contributed by atoms with Crippen LogP contribution in [0.1, 0.15) is 45.4 Å². The minimum absolute atomic E-state index is 0.0784. The Morgan fingerprint density at radius 3 is 2.50 bits per heavy atom. The smallest absolute Gasteiger partial charge is 0.228 e. The van der Waals surface area contributed by atoms with E-state index in [4.69, 9.17) is 10.5 Å². The number of carbonyl (C=O) groups is 1. The van der Waals surface area contributed by atoms with Crippen molar-refractivity contribution in [1.29, 1.82) is 0 Å². The number of rotatable bonds is 4. The summed E-state index contributed by atoms with van der Waals surface area (Å²) in [6, 6.07) is 0. The average molecular weight is 254 g/mol. The number of amides is 1. The van der Waals surface area contributed by atoms with E-state index in [1.165, 1.54) is 12.8 Å². The van der Waals surface area contributed by atoms with Crippen LogP contribution in [-0.4, -0.2) is 43.2 Å². The van der Waals surface area contributed by atoms with Crippen molar-refractivity contribution in [2.75, 3.05) is 26.2 Å². The summed E-state index contributed by atoms with van der Waals surface area (Å²) < 4.78 is 5.65. The molecule has 0 radical (unpaired) electrons. The van der Waals surface area contributed by atoms with Gasteiger partial charge < -0.3 is 15.4 Å². The first-order chi connectivity index (χ1) is 8.65. The standard InChI is InChI=1S/C14H26N2O2/c1-14(6-2-3-7-14)13(17)16-9-4-12(5-10-16)18-11-8-15/h12H,2-11,15H2,1H3. The summed E-state index contributed by atoms with van der Waals surface area (Å²) in [5.74, 6) is 0.372. The fourth-order valence-electron chi connectivity index (χ4n) is 3.21. The van der Waals surface area contributed by atoms with Crippen molar-refractivity contribution in [1.82, 2.24) is 4.90 Å². The number of ether oxygens (including phenoxy) is 1. The molecule has 0 unspecified atom stereocenters. The molecule has 0 aromatic carbocycles. The third kappa shape index (κ3) is 3.04. The molecule has 1 saturated heterocycles. The maximum absolute atomic E-state index is 12.5. The van der Waals surface area contributed by atoms with Gasteiger partial charge in [0.2, 0.25) is 5.91 Å². The Morgan fingerprint density at radius 1 is 1.33 bits per heavy atom. The number of hydrogen-bond acceptors (Lipinski definition) is 3. The zero-order valence-corrected chi connectivity index (χ0v) is 11.5. The molecule has 1 saturated carbocycles. The molecule has 2 aliphatic rings. The number of piperidine rings is 1. The van der Waals surface area contributed by atoms with Gasteiger partial charge in [-0.15, -0.1) is 0 Å². The molecule has 1 aliphatic heterocycles. The molecule has 0 aromatic heterocycles. The van der Waals surface area contributed by atoms with Gasteiger partial charge in [0.05, 0.1) is 12.7 Å². The van der Waals surface area contributed by atoms with Crippen LogP contribution in [0.2, 0.25) is 0 Å². The first-order valence-corrected chi connectivity index (χ1v) is 7.27. The minimum atomic E-state index is -0.0784. The molecule has 2 rings (SSSR count). The monoisotopic (exact) mass is 254 g/mol. The number of hydrogen-bond donors (Lipinski definition) is 1. The van der Waals surface area contributed by atoms with Gasteiger partial charge in [0.1, 0.15) is 0 Å². The lowest BCUT2D eigenvalue weighted by molar-refractivity contribution is -0.143. The summed E-state index contributed by atoms with van der Waals surface area (Å²) in [6.07, 6.45) is 6.76. The maximum atomic E-state index is 12.5. The van der Waals surface area contributed by atoms with E-state index >= 15 is 0 Å². The van der Waals surface area contributed by atoms with Gasteiger partial charge in [0.25, 0.3) is 0 Å². The second-order valence-electron chi connectivity index (χ2n) is 5.92. The lowest BCUT2D eigenvalue weighted by Gasteiger charge is -2.36. The zero-order valence-electron chi connectivity index (χ0n) is 11.5. The van der Waals surface area contributed by atoms with Crippen LogP contribution in [0.3, 0.4) is 0 Å². The Hall–Kier alpha value is -0.610. The molecule has 0 aromatic rings. The molecule has 1 heterocycles. The summed E-state index contributed by atoms with van der Waals surface area (Å²) >= 11 is 0. The fourth-order valence-corrected chi connectivity index (χ4v) is 3.21. The first kappa shape index (κ1) is 13.8. The topological polar surface area (TPSA) is 55.6 Å². The number of carbonyl (C=O) groups excluding carboxylic acids is 1. The molecule has 2 fully saturated rings. The lowest BCUT2D eigenvalue weighted by atomic mass is 9.86. The molecule has 0 spiro atoms. The van der Waals surface area contributed by atoms with E-state index in [1.807, 2.05) is 4.90 Å². The van der Waals surface area contributed by atoms with Crippen LogP contribution in [0, 0.1) is 5.41 Å². The van der Waals surface area contributed by atoms with E-state index < -0.39 is 0 Å². The molecule has 4 heteroatoms. The Balaban J connectivity index is 1.80. The summed E-state index contributed by atoms with van der Waals surface area (Å²) in [5, 5.41) is 0. The van der Waals surface area contributed by atoms with Gasteiger partial charge in [-0.05, 0) is 25.7 Å². The Bertz CT molecular complexity index is 280. The van der Waals surface area contributed by atoms with Crippen molar-refractivity contribution in [2.24, 2.45) is 11.1 Å². The fraction of sp³-hybridized carbons (Fsp3) is 0.929. The first-order valence-electron chi connectivity index (χ1n) is 7.27. The highest BCUT2D eigenvalue weighted by Crippen LogP contribution is 2.39. The predicted octanol–water partition coefficient (Wildman–Crippen LogP) is 1.53. The summed E-state index contributed by atoms with van der Waals surface area (Å²) in [5.41, 5.74) is 5.35. The number of likely N-dealkylation sites (tertiary alicyclic amines) is 1. The van der Waals surface area contributed by atoms with Crippen molar-refractivity contribution in [3.63, 3.8) is 0 Å². The Labute approximate surface area is 110 Å². The SMILES string of the molecule is CC1(C(=O)N2CCC(OCCN)CC2)CCCC1. The molecular formula is C14H26N2O2. The zero-order chi connectivity index (χ0) is 13.0. The summed E-state index contributed by atoms with van der Waals surface area (Å²) in [7, 11) is 0. The third-order valence-electron chi connectivity index (χ3n) is 4.42. The molecule has 1 aliphatic carbocycles. The molecule has 2 N–H and O–H groups in total. The van der Waals surface area contributed by atoms with Crippen LogP contribution in [0.25, 0.3) is 0 Å². The van der Waals surface area contributed by atoms with E-state index in [2.05, 4.69) is 6.92 Å². The number of nitrogens with two attached hydrogens (primary N) is 1. The Kier molecular flexibility index (Phi) is 4.62. The van der Waals surface area contributed by atoms with E-state index in [0.29, 0.717) is 25.2 Å². The second kappa shape index (κ2) is 6.02. The largest absolute Gasteiger partial charge is 0.377 e. The predicted molar refractivity (Wildman–Crippen MR) is 71.2 cm³/mol. The second-order valence-corrected chi connectivity index (χ2v) is 5.92. The summed E-state index contributed by atoms with van der Waals surface area (Å²) in [4.78, 5) is 14.6. The van der Waals surface area contributed by atoms with Gasteiger partial charge in [-0.25, -0.2) is 0 Å². The average Bonchev–Trinajstić information content (AvgIpc) is 2.84. The highest BCUT2D eigenvalue weighted by molar-refractivity contribution is 5.82. The molecule has 0 bridgehead atoms. The quantitative estimate of drug-likeness (QED) is 0.828. The van der Waals surface area contributed by atoms with E-state index in [9.17, 15) is 4.79 Å². The van der Waals surface area contributed by atoms with Gasteiger partial charge in [-0.3, -0.25) is 4.79 Å². The van der Waals surface area contributed by atoms with Crippen molar-refractivity contribution in [2.45, 2.75) is 51.6 Å². The van der Waals surface area contributed by atoms with Crippen molar-refractivity contribution in [3.05, 3.63) is 0 Å². The van der Waals surface area contributed by atoms with E-state index in [0.717, 1.165) is 38.8 Å². The minimum Gasteiger partial charge on any atom is -0.377 e. The van der Waals surface area contributed by atoms with Crippen LogP contribution in [0.4, 0.5) is 0 Å². The van der Waals surface area contributed by atoms with Crippen LogP contribution < -0.4 is 5.73 Å². The van der Waals surface area contributed by atoms with Gasteiger partial charge >= 0.3 is 0 Å². The molecular weight excluding hydrogens is 228 g/mol. The van der Waals surface area contributed by atoms with Crippen LogP contribution in [0.5, 0.6) is 0 Å². The Morgan fingerprint density at radius 2 is 1.94 bits per heavy atom. The van der Waals surface area contributed by atoms with E-state index in [-0.39, 0.29) is 5.41 Å². The highest BCUT2D eigenvalue weighted by Gasteiger charge is 2.39. The summed E-state index contributed by atoms with van der Waals surface area (Å²) in [6.45, 7) is 5.06. The van der Waals surface area contributed by atoms with Crippen LogP contribution >= 0.6 is 0 Å². The molecule has 1 amide bonds. The normalized spacial score (nSPS) is 24.4. The maximum Gasteiger partial charge on any atom is 0.228 e. The molecule has 0 atom stereocenters. The van der Waals surface area contributed by atoms with Crippen molar-refractivity contribution < 1.29 is 9.53 Å². The lowest BCUT2D eigenvalue weighted by Crippen LogP contribution is -2.46. The van der Waals surface area contributed by atoms with E-state index in [1.54, 1.807) is 0 Å². The van der Waals surface area contributed by atoms with Crippen LogP contribution in [0.15, 0.2) is 0 Å². The highest BCUT2D eigenvalue weighted by atomic mass is 16.5. The van der Waals surface area contributed by atoms with Gasteiger partial charge in [-0.1, -0.05) is 19.8 Å². The molecule has 104 valence electrons. The van der Waals surface area contributed by atoms with Crippen LogP contribution in [-0.2, 0) is 9.53 Å². The van der Waals surface area contributed by atoms with Gasteiger partial charge in [-0.2, -0.15) is 0 Å². The molecule has 4 nitrogen and oxygen atoms in total.